The normalized spacial score (nSPS) is 14.3. The summed E-state index contributed by atoms with van der Waals surface area (Å²) in [6.45, 7) is 3.84. The summed E-state index contributed by atoms with van der Waals surface area (Å²) in [5, 5.41) is 3.64. The van der Waals surface area contributed by atoms with Gasteiger partial charge in [-0.3, -0.25) is 14.4 Å². The van der Waals surface area contributed by atoms with Crippen LogP contribution in [-0.2, 0) is 16.1 Å². The summed E-state index contributed by atoms with van der Waals surface area (Å²) in [5.74, 6) is -0.118. The SMILES string of the molecule is Cc1cc(C(=O)COC(=O)CNC(=O)c2sc3ccccc3c2Cl)c(C)n1C[C@H]1COc2ccccc2O1. The molecule has 1 aliphatic heterocycles. The molecule has 0 bridgehead atoms. The highest BCUT2D eigenvalue weighted by Crippen LogP contribution is 2.35. The quantitative estimate of drug-likeness (QED) is 0.245. The van der Waals surface area contributed by atoms with Crippen LogP contribution >= 0.6 is 22.9 Å². The number of para-hydroxylation sites is 2. The van der Waals surface area contributed by atoms with E-state index in [2.05, 4.69) is 5.32 Å². The zero-order chi connectivity index (χ0) is 26.8. The van der Waals surface area contributed by atoms with Crippen LogP contribution in [0.4, 0.5) is 0 Å². The molecule has 0 radical (unpaired) electrons. The van der Waals surface area contributed by atoms with Crippen LogP contribution in [0.3, 0.4) is 0 Å². The largest absolute Gasteiger partial charge is 0.486 e. The van der Waals surface area contributed by atoms with E-state index < -0.39 is 18.5 Å². The maximum absolute atomic E-state index is 12.8. The van der Waals surface area contributed by atoms with Gasteiger partial charge in [0.25, 0.3) is 5.91 Å². The average molecular weight is 553 g/mol. The summed E-state index contributed by atoms with van der Waals surface area (Å²) in [6.07, 6.45) is -0.214. The summed E-state index contributed by atoms with van der Waals surface area (Å²) in [5.41, 5.74) is 2.10. The lowest BCUT2D eigenvalue weighted by atomic mass is 10.1. The van der Waals surface area contributed by atoms with Gasteiger partial charge in [0.05, 0.1) is 11.6 Å². The molecular weight excluding hydrogens is 528 g/mol. The second-order valence-electron chi connectivity index (χ2n) is 8.90. The number of hydrogen-bond acceptors (Lipinski definition) is 7. The van der Waals surface area contributed by atoms with Crippen LogP contribution < -0.4 is 14.8 Å². The number of ether oxygens (including phenoxy) is 3. The van der Waals surface area contributed by atoms with Gasteiger partial charge < -0.3 is 24.1 Å². The van der Waals surface area contributed by atoms with Crippen LogP contribution in [0.5, 0.6) is 11.5 Å². The topological polar surface area (TPSA) is 95.9 Å². The van der Waals surface area contributed by atoms with E-state index in [1.54, 1.807) is 6.07 Å². The van der Waals surface area contributed by atoms with Gasteiger partial charge in [0.1, 0.15) is 18.0 Å². The van der Waals surface area contributed by atoms with Crippen molar-refractivity contribution in [3.63, 3.8) is 0 Å². The average Bonchev–Trinajstić information content (AvgIpc) is 3.41. The Bertz CT molecular complexity index is 1540. The number of nitrogens with zero attached hydrogens (tertiary/aromatic N) is 1. The molecule has 0 saturated heterocycles. The first-order chi connectivity index (χ1) is 18.3. The lowest BCUT2D eigenvalue weighted by Crippen LogP contribution is -2.33. The summed E-state index contributed by atoms with van der Waals surface area (Å²) in [6, 6.07) is 16.7. The standard InChI is InChI=1S/C28H25ClN2O6S/c1-16-11-20(17(2)31(16)13-18-14-35-22-8-4-5-9-23(22)37-18)21(32)15-36-25(33)12-30-28(34)27-26(29)19-7-3-6-10-24(19)38-27/h3-11,18H,12-15H2,1-2H3,(H,30,34)/t18-/m0/s1. The molecule has 4 aromatic rings. The summed E-state index contributed by atoms with van der Waals surface area (Å²) in [7, 11) is 0. The van der Waals surface area contributed by atoms with E-state index in [0.29, 0.717) is 40.1 Å². The third kappa shape index (κ3) is 5.25. The van der Waals surface area contributed by atoms with Crippen LogP contribution in [0.25, 0.3) is 10.1 Å². The van der Waals surface area contributed by atoms with Crippen LogP contribution in [0, 0.1) is 13.8 Å². The van der Waals surface area contributed by atoms with Crippen molar-refractivity contribution < 1.29 is 28.6 Å². The summed E-state index contributed by atoms with van der Waals surface area (Å²) >= 11 is 7.57. The Labute approximate surface area is 228 Å². The van der Waals surface area contributed by atoms with Crippen molar-refractivity contribution in [3.05, 3.63) is 81.4 Å². The monoisotopic (exact) mass is 552 g/mol. The van der Waals surface area contributed by atoms with Gasteiger partial charge in [0, 0.05) is 27.0 Å². The van der Waals surface area contributed by atoms with Gasteiger partial charge >= 0.3 is 5.97 Å². The zero-order valence-corrected chi connectivity index (χ0v) is 22.4. The van der Waals surface area contributed by atoms with E-state index in [0.717, 1.165) is 21.5 Å². The Balaban J connectivity index is 1.14. The number of fused-ring (bicyclic) bond motifs is 2. The molecule has 2 aromatic carbocycles. The van der Waals surface area contributed by atoms with Crippen molar-refractivity contribution in [2.75, 3.05) is 19.8 Å². The minimum atomic E-state index is -0.718. The van der Waals surface area contributed by atoms with E-state index in [-0.39, 0.29) is 18.4 Å². The van der Waals surface area contributed by atoms with Crippen molar-refractivity contribution in [1.29, 1.82) is 0 Å². The number of aromatic nitrogens is 1. The van der Waals surface area contributed by atoms with Crippen LogP contribution in [-0.4, -0.2) is 48.1 Å². The molecular formula is C28H25ClN2O6S. The van der Waals surface area contributed by atoms with Crippen LogP contribution in [0.2, 0.25) is 5.02 Å². The summed E-state index contributed by atoms with van der Waals surface area (Å²) in [4.78, 5) is 37.9. The van der Waals surface area contributed by atoms with Gasteiger partial charge in [-0.1, -0.05) is 41.9 Å². The number of thiophene rings is 1. The van der Waals surface area contributed by atoms with E-state index in [1.807, 2.05) is 66.9 Å². The number of nitrogens with one attached hydrogen (secondary N) is 1. The molecule has 0 spiro atoms. The first kappa shape index (κ1) is 25.8. The van der Waals surface area contributed by atoms with Gasteiger partial charge in [0.15, 0.2) is 24.2 Å². The second-order valence-corrected chi connectivity index (χ2v) is 10.3. The molecule has 38 heavy (non-hydrogen) atoms. The molecule has 3 heterocycles. The van der Waals surface area contributed by atoms with Gasteiger partial charge in [0.2, 0.25) is 5.78 Å². The summed E-state index contributed by atoms with van der Waals surface area (Å²) < 4.78 is 19.9. The maximum atomic E-state index is 12.8. The third-order valence-corrected chi connectivity index (χ3v) is 8.00. The molecule has 10 heteroatoms. The molecule has 196 valence electrons. The van der Waals surface area contributed by atoms with Crippen molar-refractivity contribution in [1.82, 2.24) is 9.88 Å². The van der Waals surface area contributed by atoms with Gasteiger partial charge in [-0.25, -0.2) is 0 Å². The number of carbonyl (C=O) groups excluding carboxylic acids is 3. The van der Waals surface area contributed by atoms with E-state index >= 15 is 0 Å². The Morgan fingerprint density at radius 2 is 1.84 bits per heavy atom. The number of carbonyl (C=O) groups is 3. The second kappa shape index (κ2) is 10.9. The van der Waals surface area contributed by atoms with Crippen molar-refractivity contribution >= 4 is 50.7 Å². The maximum Gasteiger partial charge on any atom is 0.325 e. The van der Waals surface area contributed by atoms with Gasteiger partial charge in [-0.15, -0.1) is 11.3 Å². The molecule has 1 N–H and O–H groups in total. The number of benzene rings is 2. The molecule has 0 saturated carbocycles. The van der Waals surface area contributed by atoms with Crippen molar-refractivity contribution in [2.24, 2.45) is 0 Å². The van der Waals surface area contributed by atoms with E-state index in [1.165, 1.54) is 11.3 Å². The molecule has 1 amide bonds. The minimum absolute atomic E-state index is 0.214. The van der Waals surface area contributed by atoms with E-state index in [4.69, 9.17) is 25.8 Å². The first-order valence-corrected chi connectivity index (χ1v) is 13.2. The fraction of sp³-hybridized carbons (Fsp3) is 0.250. The third-order valence-electron chi connectivity index (χ3n) is 6.33. The lowest BCUT2D eigenvalue weighted by Gasteiger charge is -2.27. The van der Waals surface area contributed by atoms with Crippen LogP contribution in [0.15, 0.2) is 54.6 Å². The van der Waals surface area contributed by atoms with Crippen molar-refractivity contribution in [2.45, 2.75) is 26.5 Å². The highest BCUT2D eigenvalue weighted by atomic mass is 35.5. The molecule has 1 atom stereocenters. The van der Waals surface area contributed by atoms with Crippen LogP contribution in [0.1, 0.15) is 31.4 Å². The number of amides is 1. The fourth-order valence-corrected chi connectivity index (χ4v) is 5.82. The number of ketones is 1. The predicted molar refractivity (Wildman–Crippen MR) is 145 cm³/mol. The fourth-order valence-electron chi connectivity index (χ4n) is 4.39. The number of hydrogen-bond donors (Lipinski definition) is 1. The number of Topliss-reactive ketones (excluding diaryl/α,β-unsaturated/α-hetero) is 1. The molecule has 1 aliphatic rings. The van der Waals surface area contributed by atoms with Gasteiger partial charge in [-0.05, 0) is 38.1 Å². The molecule has 0 unspecified atom stereocenters. The highest BCUT2D eigenvalue weighted by Gasteiger charge is 2.24. The Hall–Kier alpha value is -3.82. The molecule has 2 aromatic heterocycles. The smallest absolute Gasteiger partial charge is 0.325 e. The highest BCUT2D eigenvalue weighted by molar-refractivity contribution is 7.21. The van der Waals surface area contributed by atoms with Gasteiger partial charge in [-0.2, -0.15) is 0 Å². The van der Waals surface area contributed by atoms with E-state index in [9.17, 15) is 14.4 Å². The number of esters is 1. The zero-order valence-electron chi connectivity index (χ0n) is 20.8. The first-order valence-electron chi connectivity index (χ1n) is 12.0. The Morgan fingerprint density at radius 3 is 2.63 bits per heavy atom. The van der Waals surface area contributed by atoms with Crippen molar-refractivity contribution in [3.8, 4) is 11.5 Å². The number of halogens is 1. The lowest BCUT2D eigenvalue weighted by molar-refractivity contribution is -0.141. The number of rotatable bonds is 8. The Kier molecular flexibility index (Phi) is 7.40. The minimum Gasteiger partial charge on any atom is -0.486 e. The molecule has 0 fully saturated rings. The predicted octanol–water partition coefficient (Wildman–Crippen LogP) is 4.97. The molecule has 8 nitrogen and oxygen atoms in total. The number of aryl methyl sites for hydroxylation is 1. The molecule has 5 rings (SSSR count). The molecule has 0 aliphatic carbocycles. The Morgan fingerprint density at radius 1 is 1.11 bits per heavy atom.